The Hall–Kier alpha value is -0.860. The minimum absolute atomic E-state index is 0.251. The van der Waals surface area contributed by atoms with Crippen LogP contribution in [0.2, 0.25) is 5.02 Å². The van der Waals surface area contributed by atoms with E-state index in [1.165, 1.54) is 0 Å². The summed E-state index contributed by atoms with van der Waals surface area (Å²) in [6.45, 7) is 2.14. The highest BCUT2D eigenvalue weighted by atomic mass is 35.5. The van der Waals surface area contributed by atoms with Gasteiger partial charge in [0.2, 0.25) is 0 Å². The average molecular weight is 183 g/mol. The van der Waals surface area contributed by atoms with Gasteiger partial charge in [-0.2, -0.15) is 0 Å². The highest BCUT2D eigenvalue weighted by Crippen LogP contribution is 2.18. The fraction of sp³-hybridized carbons (Fsp3) is 0.222. The molecular formula is C9H11ClN2. The molecule has 64 valence electrons. The van der Waals surface area contributed by atoms with E-state index in [1.807, 2.05) is 25.1 Å². The summed E-state index contributed by atoms with van der Waals surface area (Å²) in [5.74, 6) is 0. The van der Waals surface area contributed by atoms with E-state index >= 15 is 0 Å². The van der Waals surface area contributed by atoms with Crippen molar-refractivity contribution >= 4 is 17.3 Å². The smallest absolute Gasteiger partial charge is 0.0525 e. The van der Waals surface area contributed by atoms with E-state index in [4.69, 9.17) is 22.7 Å². The zero-order chi connectivity index (χ0) is 9.14. The number of hydrogen-bond donors (Lipinski definition) is 2. The van der Waals surface area contributed by atoms with Gasteiger partial charge in [0.15, 0.2) is 0 Å². The maximum absolute atomic E-state index is 7.53. The summed E-state index contributed by atoms with van der Waals surface area (Å²) < 4.78 is 0. The molecule has 0 atom stereocenters. The van der Waals surface area contributed by atoms with E-state index in [9.17, 15) is 0 Å². The molecule has 1 aromatic carbocycles. The van der Waals surface area contributed by atoms with Crippen LogP contribution >= 0.6 is 11.6 Å². The molecule has 0 aliphatic heterocycles. The molecule has 0 radical (unpaired) electrons. The van der Waals surface area contributed by atoms with E-state index in [0.717, 1.165) is 11.1 Å². The first-order valence-electron chi connectivity index (χ1n) is 3.69. The lowest BCUT2D eigenvalue weighted by atomic mass is 10.0. The van der Waals surface area contributed by atoms with E-state index in [0.29, 0.717) is 10.7 Å². The number of hydrogen-bond acceptors (Lipinski definition) is 2. The lowest BCUT2D eigenvalue weighted by Crippen LogP contribution is -2.14. The third-order valence-electron chi connectivity index (χ3n) is 1.80. The van der Waals surface area contributed by atoms with Crippen LogP contribution in [0.5, 0.6) is 0 Å². The van der Waals surface area contributed by atoms with Gasteiger partial charge in [-0.1, -0.05) is 23.7 Å². The molecule has 0 fully saturated rings. The van der Waals surface area contributed by atoms with E-state index in [-0.39, 0.29) is 6.54 Å². The zero-order valence-corrected chi connectivity index (χ0v) is 7.65. The van der Waals surface area contributed by atoms with Crippen LogP contribution in [0.25, 0.3) is 0 Å². The largest absolute Gasteiger partial charge is 0.325 e. The summed E-state index contributed by atoms with van der Waals surface area (Å²) in [5, 5.41) is 8.22. The molecule has 2 nitrogen and oxygen atoms in total. The van der Waals surface area contributed by atoms with E-state index < -0.39 is 0 Å². The standard InChI is InChI=1S/C9H11ClN2/c1-6-7(9(12)5-11)3-2-4-8(6)10/h2-4,12H,5,11H2,1H3. The Morgan fingerprint density at radius 3 is 2.83 bits per heavy atom. The summed E-state index contributed by atoms with van der Waals surface area (Å²) in [6.07, 6.45) is 0. The molecule has 0 aliphatic carbocycles. The predicted molar refractivity (Wildman–Crippen MR) is 52.1 cm³/mol. The Morgan fingerprint density at radius 2 is 2.25 bits per heavy atom. The Bertz CT molecular complexity index is 307. The molecule has 1 aromatic rings. The highest BCUT2D eigenvalue weighted by molar-refractivity contribution is 6.31. The van der Waals surface area contributed by atoms with Crippen LogP contribution in [0.15, 0.2) is 18.2 Å². The van der Waals surface area contributed by atoms with Crippen molar-refractivity contribution in [2.24, 2.45) is 5.73 Å². The molecule has 0 aliphatic rings. The third kappa shape index (κ3) is 1.65. The molecule has 0 bridgehead atoms. The van der Waals surface area contributed by atoms with Crippen molar-refractivity contribution < 1.29 is 0 Å². The van der Waals surface area contributed by atoms with Gasteiger partial charge < -0.3 is 11.1 Å². The molecule has 3 heteroatoms. The number of nitrogens with one attached hydrogen (secondary N) is 1. The van der Waals surface area contributed by atoms with Crippen LogP contribution in [0.3, 0.4) is 0 Å². The maximum Gasteiger partial charge on any atom is 0.0525 e. The van der Waals surface area contributed by atoms with Crippen LogP contribution < -0.4 is 5.73 Å². The van der Waals surface area contributed by atoms with Crippen molar-refractivity contribution in [2.45, 2.75) is 6.92 Å². The molecule has 0 amide bonds. The number of nitrogens with two attached hydrogens (primary N) is 1. The second-order valence-corrected chi connectivity index (χ2v) is 3.00. The molecule has 0 heterocycles. The lowest BCUT2D eigenvalue weighted by molar-refractivity contribution is 1.25. The van der Waals surface area contributed by atoms with Crippen LogP contribution in [0.4, 0.5) is 0 Å². The third-order valence-corrected chi connectivity index (χ3v) is 2.21. The predicted octanol–water partition coefficient (Wildman–Crippen LogP) is 1.97. The van der Waals surface area contributed by atoms with Crippen molar-refractivity contribution in [2.75, 3.05) is 6.54 Å². The summed E-state index contributed by atoms with van der Waals surface area (Å²) in [6, 6.07) is 5.50. The molecule has 1 rings (SSSR count). The molecule has 3 N–H and O–H groups in total. The summed E-state index contributed by atoms with van der Waals surface area (Å²) in [4.78, 5) is 0. The van der Waals surface area contributed by atoms with Crippen LogP contribution in [0, 0.1) is 12.3 Å². The van der Waals surface area contributed by atoms with Crippen molar-refractivity contribution in [3.8, 4) is 0 Å². The molecule has 0 unspecified atom stereocenters. The topological polar surface area (TPSA) is 49.9 Å². The van der Waals surface area contributed by atoms with Gasteiger partial charge in [-0.25, -0.2) is 0 Å². The van der Waals surface area contributed by atoms with Crippen LogP contribution in [-0.4, -0.2) is 12.3 Å². The molecule has 0 saturated carbocycles. The quantitative estimate of drug-likeness (QED) is 0.676. The van der Waals surface area contributed by atoms with Crippen molar-refractivity contribution in [3.05, 3.63) is 34.3 Å². The Morgan fingerprint density at radius 1 is 1.58 bits per heavy atom. The molecule has 0 saturated heterocycles. The molecular weight excluding hydrogens is 172 g/mol. The highest BCUT2D eigenvalue weighted by Gasteiger charge is 2.04. The van der Waals surface area contributed by atoms with Gasteiger partial charge in [0.1, 0.15) is 0 Å². The zero-order valence-electron chi connectivity index (χ0n) is 6.89. The maximum atomic E-state index is 7.53. The summed E-state index contributed by atoms with van der Waals surface area (Å²) in [7, 11) is 0. The SMILES string of the molecule is Cc1c(Cl)cccc1C(=N)CN. The summed E-state index contributed by atoms with van der Waals surface area (Å²) >= 11 is 5.88. The molecule has 0 aromatic heterocycles. The van der Waals surface area contributed by atoms with Gasteiger partial charge in [-0.15, -0.1) is 0 Å². The first kappa shape index (κ1) is 9.23. The van der Waals surface area contributed by atoms with Crippen molar-refractivity contribution in [3.63, 3.8) is 0 Å². The lowest BCUT2D eigenvalue weighted by Gasteiger charge is -2.06. The van der Waals surface area contributed by atoms with Crippen LogP contribution in [0.1, 0.15) is 11.1 Å². The fourth-order valence-corrected chi connectivity index (χ4v) is 1.22. The Kier molecular flexibility index (Phi) is 2.84. The second-order valence-electron chi connectivity index (χ2n) is 2.60. The van der Waals surface area contributed by atoms with Gasteiger partial charge >= 0.3 is 0 Å². The minimum atomic E-state index is 0.251. The van der Waals surface area contributed by atoms with Crippen molar-refractivity contribution in [1.29, 1.82) is 5.41 Å². The van der Waals surface area contributed by atoms with Gasteiger partial charge in [0.25, 0.3) is 0 Å². The minimum Gasteiger partial charge on any atom is -0.325 e. The van der Waals surface area contributed by atoms with Gasteiger partial charge in [-0.3, -0.25) is 0 Å². The van der Waals surface area contributed by atoms with Crippen molar-refractivity contribution in [1.82, 2.24) is 0 Å². The summed E-state index contributed by atoms with van der Waals surface area (Å²) in [5.41, 5.74) is 7.54. The number of benzene rings is 1. The van der Waals surface area contributed by atoms with Gasteiger partial charge in [0, 0.05) is 17.1 Å². The molecule has 12 heavy (non-hydrogen) atoms. The monoisotopic (exact) mass is 182 g/mol. The second kappa shape index (κ2) is 3.70. The number of halogens is 1. The Balaban J connectivity index is 3.16. The first-order valence-corrected chi connectivity index (χ1v) is 4.07. The van der Waals surface area contributed by atoms with Gasteiger partial charge in [0.05, 0.1) is 5.71 Å². The van der Waals surface area contributed by atoms with E-state index in [1.54, 1.807) is 0 Å². The Labute approximate surface area is 76.9 Å². The van der Waals surface area contributed by atoms with Crippen LogP contribution in [-0.2, 0) is 0 Å². The average Bonchev–Trinajstić information content (AvgIpc) is 2.08. The number of rotatable bonds is 2. The fourth-order valence-electron chi connectivity index (χ4n) is 1.04. The van der Waals surface area contributed by atoms with E-state index in [2.05, 4.69) is 0 Å². The molecule has 0 spiro atoms. The normalized spacial score (nSPS) is 9.92. The van der Waals surface area contributed by atoms with Gasteiger partial charge in [-0.05, 0) is 18.6 Å². The first-order chi connectivity index (χ1) is 5.66.